The van der Waals surface area contributed by atoms with E-state index in [4.69, 9.17) is 9.63 Å². The lowest BCUT2D eigenvalue weighted by Crippen LogP contribution is -2.63. The van der Waals surface area contributed by atoms with E-state index in [9.17, 15) is 19.8 Å². The summed E-state index contributed by atoms with van der Waals surface area (Å²) in [5, 5.41) is 29.3. The van der Waals surface area contributed by atoms with Gasteiger partial charge in [0.05, 0.1) is 25.3 Å². The molecular formula is C8H16NO6P. The van der Waals surface area contributed by atoms with Gasteiger partial charge in [0.1, 0.15) is 6.10 Å². The molecule has 0 aromatic carbocycles. The highest BCUT2D eigenvalue weighted by atomic mass is 31.0. The fourth-order valence-corrected chi connectivity index (χ4v) is 1.74. The van der Waals surface area contributed by atoms with E-state index in [-0.39, 0.29) is 0 Å². The lowest BCUT2D eigenvalue weighted by molar-refractivity contribution is -0.139. The molecule has 16 heavy (non-hydrogen) atoms. The molecule has 2 atom stereocenters. The highest BCUT2D eigenvalue weighted by Gasteiger charge is 2.41. The van der Waals surface area contributed by atoms with Crippen LogP contribution >= 0.6 is 9.47 Å². The molecule has 0 bridgehead atoms. The van der Waals surface area contributed by atoms with Gasteiger partial charge >= 0.3 is 5.97 Å². The zero-order chi connectivity index (χ0) is 12.8. The maximum atomic E-state index is 11.2. The maximum absolute atomic E-state index is 11.2. The largest absolute Gasteiger partial charge is 0.480 e. The predicted molar refractivity (Wildman–Crippen MR) is 57.8 cm³/mol. The van der Waals surface area contributed by atoms with Crippen LogP contribution in [0.4, 0.5) is 0 Å². The first kappa shape index (κ1) is 15.4. The number of rotatable bonds is 8. The lowest BCUT2D eigenvalue weighted by atomic mass is 9.91. The highest BCUT2D eigenvalue weighted by molar-refractivity contribution is 7.09. The van der Waals surface area contributed by atoms with Gasteiger partial charge in [-0.25, -0.2) is 0 Å². The van der Waals surface area contributed by atoms with Crippen molar-refractivity contribution in [3.8, 4) is 0 Å². The van der Waals surface area contributed by atoms with Crippen LogP contribution in [0, 0.1) is 0 Å². The Balaban J connectivity index is 4.89. The van der Waals surface area contributed by atoms with Gasteiger partial charge in [0.2, 0.25) is 0 Å². The van der Waals surface area contributed by atoms with Crippen molar-refractivity contribution in [1.29, 1.82) is 0 Å². The summed E-state index contributed by atoms with van der Waals surface area (Å²) in [6.45, 7) is -0.541. The first-order valence-corrected chi connectivity index (χ1v) is 4.95. The molecule has 0 spiro atoms. The molecule has 7 nitrogen and oxygen atoms in total. The molecule has 8 heteroatoms. The van der Waals surface area contributed by atoms with Crippen LogP contribution in [-0.4, -0.2) is 58.5 Å². The molecule has 4 N–H and O–H groups in total. The van der Waals surface area contributed by atoms with Gasteiger partial charge in [-0.15, -0.1) is 0 Å². The van der Waals surface area contributed by atoms with Crippen LogP contribution < -0.4 is 5.32 Å². The van der Waals surface area contributed by atoms with Crippen LogP contribution in [0.15, 0.2) is 0 Å². The van der Waals surface area contributed by atoms with Gasteiger partial charge in [-0.05, 0) is 6.92 Å². The van der Waals surface area contributed by atoms with Crippen LogP contribution in [0.5, 0.6) is 0 Å². The quantitative estimate of drug-likeness (QED) is 0.375. The molecule has 0 aromatic heterocycles. The normalized spacial score (nSPS) is 13.5. The van der Waals surface area contributed by atoms with E-state index in [0.29, 0.717) is 0 Å². The summed E-state index contributed by atoms with van der Waals surface area (Å²) in [7, 11) is 1.85. The predicted octanol–water partition coefficient (Wildman–Crippen LogP) is -1.85. The molecule has 0 aromatic rings. The number of aliphatic hydroxyl groups excluding tert-OH is 2. The minimum Gasteiger partial charge on any atom is -0.480 e. The van der Waals surface area contributed by atoms with Crippen molar-refractivity contribution in [2.24, 2.45) is 0 Å². The van der Waals surface area contributed by atoms with Crippen molar-refractivity contribution in [2.75, 3.05) is 19.8 Å². The molecule has 0 amide bonds. The Hall–Kier alpha value is -0.590. The highest BCUT2D eigenvalue weighted by Crippen LogP contribution is 2.17. The Kier molecular flexibility index (Phi) is 6.62. The summed E-state index contributed by atoms with van der Waals surface area (Å²) < 4.78 is 4.78. The number of carboxylic acid groups (broad SMARTS) is 1. The number of Topliss-reactive ketones (excluding diaryl/α,β-unsaturated/α-hetero) is 1. The van der Waals surface area contributed by atoms with Gasteiger partial charge in [0, 0.05) is 9.47 Å². The van der Waals surface area contributed by atoms with E-state index in [0.717, 1.165) is 0 Å². The monoisotopic (exact) mass is 253 g/mol. The van der Waals surface area contributed by atoms with Crippen molar-refractivity contribution in [3.05, 3.63) is 0 Å². The molecule has 0 radical (unpaired) electrons. The van der Waals surface area contributed by atoms with Crippen molar-refractivity contribution in [1.82, 2.24) is 5.32 Å². The summed E-state index contributed by atoms with van der Waals surface area (Å²) in [6.07, 6.45) is -1.15. The Bertz CT molecular complexity index is 255. The van der Waals surface area contributed by atoms with Gasteiger partial charge in [0.15, 0.2) is 5.78 Å². The molecule has 2 unspecified atom stereocenters. The van der Waals surface area contributed by atoms with Crippen LogP contribution in [0.1, 0.15) is 6.92 Å². The lowest BCUT2D eigenvalue weighted by Gasteiger charge is -2.35. The number of nitrogens with one attached hydrogen (secondary N) is 1. The number of carbonyl (C=O) groups is 2. The van der Waals surface area contributed by atoms with Gasteiger partial charge in [-0.1, -0.05) is 0 Å². The summed E-state index contributed by atoms with van der Waals surface area (Å²) in [6, 6.07) is 0. The van der Waals surface area contributed by atoms with Gasteiger partial charge in [0.25, 0.3) is 0 Å². The Morgan fingerprint density at radius 2 is 1.94 bits per heavy atom. The topological polar surface area (TPSA) is 116 Å². The van der Waals surface area contributed by atoms with Crippen molar-refractivity contribution in [3.63, 3.8) is 0 Å². The number of carbonyl (C=O) groups excluding carboxylic acids is 1. The SMILES string of the molecule is CC(=O)C(OP)C(CO)(CO)NCC(=O)O. The minimum atomic E-state index is -1.51. The standard InChI is InChI=1S/C8H16NO6P/c1-5(12)7(15-16)8(3-10,4-11)9-2-6(13)14/h7,9-11H,2-4,16H2,1H3,(H,13,14). The van der Waals surface area contributed by atoms with Crippen molar-refractivity contribution >= 4 is 21.2 Å². The number of ketones is 1. The molecule has 94 valence electrons. The second-order valence-electron chi connectivity index (χ2n) is 3.35. The Morgan fingerprint density at radius 1 is 1.44 bits per heavy atom. The van der Waals surface area contributed by atoms with E-state index >= 15 is 0 Å². The number of carboxylic acids is 1. The van der Waals surface area contributed by atoms with E-state index in [1.807, 2.05) is 9.47 Å². The zero-order valence-electron chi connectivity index (χ0n) is 8.84. The van der Waals surface area contributed by atoms with Crippen LogP contribution in [0.3, 0.4) is 0 Å². The molecule has 0 fully saturated rings. The molecule has 0 rings (SSSR count). The third-order valence-corrected chi connectivity index (χ3v) is 2.44. The van der Waals surface area contributed by atoms with Crippen molar-refractivity contribution < 1.29 is 29.4 Å². The second-order valence-corrected chi connectivity index (χ2v) is 3.62. The molecule has 0 saturated carbocycles. The summed E-state index contributed by atoms with van der Waals surface area (Å²) in [5.74, 6) is -1.60. The minimum absolute atomic E-state index is 0.434. The number of hydrogen-bond acceptors (Lipinski definition) is 6. The van der Waals surface area contributed by atoms with Gasteiger partial charge in [-0.2, -0.15) is 0 Å². The van der Waals surface area contributed by atoms with Crippen LogP contribution in [0.25, 0.3) is 0 Å². The third-order valence-electron chi connectivity index (χ3n) is 2.16. The molecule has 0 aliphatic rings. The van der Waals surface area contributed by atoms with Crippen molar-refractivity contribution in [2.45, 2.75) is 18.6 Å². The molecular weight excluding hydrogens is 237 g/mol. The summed E-state index contributed by atoms with van der Waals surface area (Å²) in [5.41, 5.74) is -1.51. The average molecular weight is 253 g/mol. The third kappa shape index (κ3) is 3.77. The van der Waals surface area contributed by atoms with Crippen LogP contribution in [-0.2, 0) is 14.1 Å². The second kappa shape index (κ2) is 6.88. The molecule has 0 aliphatic heterocycles. The Morgan fingerprint density at radius 3 is 2.19 bits per heavy atom. The fraction of sp³-hybridized carbons (Fsp3) is 0.750. The Labute approximate surface area is 95.1 Å². The number of hydrogen-bond donors (Lipinski definition) is 4. The molecule has 0 heterocycles. The zero-order valence-corrected chi connectivity index (χ0v) is 10.00. The molecule has 0 aliphatic carbocycles. The average Bonchev–Trinajstić information content (AvgIpc) is 2.23. The number of aliphatic carboxylic acids is 1. The smallest absolute Gasteiger partial charge is 0.317 e. The summed E-state index contributed by atoms with van der Waals surface area (Å²) in [4.78, 5) is 21.6. The van der Waals surface area contributed by atoms with E-state index in [1.165, 1.54) is 6.92 Å². The fourth-order valence-electron chi connectivity index (χ4n) is 1.29. The first-order chi connectivity index (χ1) is 7.43. The first-order valence-electron chi connectivity index (χ1n) is 4.48. The summed E-state index contributed by atoms with van der Waals surface area (Å²) >= 11 is 0. The van der Waals surface area contributed by atoms with E-state index in [2.05, 4.69) is 5.32 Å². The molecule has 0 saturated heterocycles. The van der Waals surface area contributed by atoms with Gasteiger partial charge < -0.3 is 19.8 Å². The van der Waals surface area contributed by atoms with E-state index in [1.54, 1.807) is 0 Å². The maximum Gasteiger partial charge on any atom is 0.317 e. The van der Waals surface area contributed by atoms with Gasteiger partial charge in [-0.3, -0.25) is 14.9 Å². The van der Waals surface area contributed by atoms with E-state index < -0.39 is 43.2 Å². The van der Waals surface area contributed by atoms with Crippen LogP contribution in [0.2, 0.25) is 0 Å². The number of aliphatic hydroxyl groups is 2.